The molecule has 0 spiro atoms. The molecule has 0 aliphatic rings. The van der Waals surface area contributed by atoms with Crippen molar-refractivity contribution in [3.63, 3.8) is 0 Å². The van der Waals surface area contributed by atoms with Crippen LogP contribution < -0.4 is 5.56 Å². The minimum atomic E-state index is -1.14. The number of aromatic amines is 2. The fraction of sp³-hybridized carbons (Fsp3) is 0. The number of rotatable bonds is 1. The number of H-pyrrole nitrogens is 2. The Balaban J connectivity index is 2.95. The molecule has 0 aliphatic carbocycles. The quantitative estimate of drug-likeness (QED) is 0.571. The molecule has 0 amide bonds. The van der Waals surface area contributed by atoms with Crippen LogP contribution in [0.4, 0.5) is 0 Å². The van der Waals surface area contributed by atoms with Gasteiger partial charge in [-0.25, -0.2) is 9.89 Å². The first kappa shape index (κ1) is 7.53. The fourth-order valence-electron chi connectivity index (χ4n) is 1.17. The second-order valence-corrected chi connectivity index (χ2v) is 2.50. The lowest BCUT2D eigenvalue weighted by Gasteiger charge is -1.88. The predicted octanol–water partition coefficient (Wildman–Crippen LogP) is -0.0506. The van der Waals surface area contributed by atoms with Crippen LogP contribution in [0.5, 0.6) is 0 Å². The van der Waals surface area contributed by atoms with Crippen molar-refractivity contribution in [2.45, 2.75) is 0 Å². The van der Waals surface area contributed by atoms with Crippen LogP contribution in [0.15, 0.2) is 17.2 Å². The standard InChI is InChI=1S/C7H5N3O3/c11-6-5-3(7(12)13)1-8-4(5)2-9-10-6/h1-2,8H,(H,10,11)(H,12,13). The second kappa shape index (κ2) is 2.44. The molecule has 0 bridgehead atoms. The van der Waals surface area contributed by atoms with E-state index >= 15 is 0 Å². The number of aromatic nitrogens is 3. The SMILES string of the molecule is O=C(O)c1c[nH]c2cn[nH]c(=O)c12. The van der Waals surface area contributed by atoms with Crippen molar-refractivity contribution >= 4 is 16.9 Å². The van der Waals surface area contributed by atoms with Gasteiger partial charge >= 0.3 is 5.97 Å². The molecule has 0 fully saturated rings. The number of aromatic carboxylic acids is 1. The maximum atomic E-state index is 11.2. The Hall–Kier alpha value is -2.11. The topological polar surface area (TPSA) is 98.8 Å². The van der Waals surface area contributed by atoms with E-state index in [-0.39, 0.29) is 10.9 Å². The largest absolute Gasteiger partial charge is 0.478 e. The van der Waals surface area contributed by atoms with Gasteiger partial charge in [-0.05, 0) is 0 Å². The molecular weight excluding hydrogens is 174 g/mol. The third-order valence-electron chi connectivity index (χ3n) is 1.73. The molecule has 6 nitrogen and oxygen atoms in total. The number of carboxylic acids is 1. The summed E-state index contributed by atoms with van der Waals surface area (Å²) in [7, 11) is 0. The zero-order valence-electron chi connectivity index (χ0n) is 6.37. The first-order valence-corrected chi connectivity index (χ1v) is 3.48. The van der Waals surface area contributed by atoms with Gasteiger partial charge in [0.2, 0.25) is 0 Å². The Morgan fingerprint density at radius 2 is 2.31 bits per heavy atom. The number of nitrogens with zero attached hydrogens (tertiary/aromatic N) is 1. The number of nitrogens with one attached hydrogen (secondary N) is 2. The van der Waals surface area contributed by atoms with Gasteiger partial charge < -0.3 is 10.1 Å². The number of hydrogen-bond donors (Lipinski definition) is 3. The number of carboxylic acid groups (broad SMARTS) is 1. The molecule has 6 heteroatoms. The summed E-state index contributed by atoms with van der Waals surface area (Å²) in [5.41, 5.74) is -0.129. The summed E-state index contributed by atoms with van der Waals surface area (Å²) in [6.45, 7) is 0. The Bertz CT molecular complexity index is 525. The Morgan fingerprint density at radius 1 is 1.54 bits per heavy atom. The van der Waals surface area contributed by atoms with E-state index in [1.165, 1.54) is 12.4 Å². The number of carbonyl (C=O) groups is 1. The van der Waals surface area contributed by atoms with Gasteiger partial charge in [-0.2, -0.15) is 5.10 Å². The van der Waals surface area contributed by atoms with Crippen LogP contribution in [-0.2, 0) is 0 Å². The molecule has 2 rings (SSSR count). The predicted molar refractivity (Wildman–Crippen MR) is 43.7 cm³/mol. The third-order valence-corrected chi connectivity index (χ3v) is 1.73. The minimum Gasteiger partial charge on any atom is -0.478 e. The van der Waals surface area contributed by atoms with Crippen molar-refractivity contribution in [1.29, 1.82) is 0 Å². The summed E-state index contributed by atoms with van der Waals surface area (Å²) < 4.78 is 0. The van der Waals surface area contributed by atoms with Gasteiger partial charge in [-0.3, -0.25) is 4.79 Å². The van der Waals surface area contributed by atoms with Crippen molar-refractivity contribution in [2.24, 2.45) is 0 Å². The van der Waals surface area contributed by atoms with Crippen molar-refractivity contribution in [3.8, 4) is 0 Å². The van der Waals surface area contributed by atoms with Crippen LogP contribution in [0, 0.1) is 0 Å². The van der Waals surface area contributed by atoms with E-state index < -0.39 is 11.5 Å². The first-order valence-electron chi connectivity index (χ1n) is 3.48. The van der Waals surface area contributed by atoms with E-state index in [0.717, 1.165) is 0 Å². The van der Waals surface area contributed by atoms with Gasteiger partial charge in [0.25, 0.3) is 5.56 Å². The highest BCUT2D eigenvalue weighted by Crippen LogP contribution is 2.11. The molecule has 0 radical (unpaired) electrons. The highest BCUT2D eigenvalue weighted by atomic mass is 16.4. The van der Waals surface area contributed by atoms with Gasteiger partial charge in [0, 0.05) is 6.20 Å². The minimum absolute atomic E-state index is 0.0429. The Morgan fingerprint density at radius 3 is 3.00 bits per heavy atom. The molecular formula is C7H5N3O3. The van der Waals surface area contributed by atoms with Crippen molar-refractivity contribution in [2.75, 3.05) is 0 Å². The van der Waals surface area contributed by atoms with E-state index in [9.17, 15) is 9.59 Å². The van der Waals surface area contributed by atoms with E-state index in [1.54, 1.807) is 0 Å². The van der Waals surface area contributed by atoms with Crippen LogP contribution in [-0.4, -0.2) is 26.3 Å². The molecule has 13 heavy (non-hydrogen) atoms. The van der Waals surface area contributed by atoms with Gasteiger partial charge in [-0.15, -0.1) is 0 Å². The second-order valence-electron chi connectivity index (χ2n) is 2.50. The maximum Gasteiger partial charge on any atom is 0.338 e. The van der Waals surface area contributed by atoms with Gasteiger partial charge in [0.15, 0.2) is 0 Å². The monoisotopic (exact) mass is 179 g/mol. The zero-order chi connectivity index (χ0) is 9.42. The lowest BCUT2D eigenvalue weighted by atomic mass is 10.2. The van der Waals surface area contributed by atoms with Crippen LogP contribution in [0.3, 0.4) is 0 Å². The number of hydrogen-bond acceptors (Lipinski definition) is 3. The molecule has 2 aromatic rings. The Kier molecular flexibility index (Phi) is 1.42. The van der Waals surface area contributed by atoms with Gasteiger partial charge in [0.1, 0.15) is 0 Å². The molecule has 3 N–H and O–H groups in total. The molecule has 0 unspecified atom stereocenters. The average Bonchev–Trinajstić information content (AvgIpc) is 2.49. The van der Waals surface area contributed by atoms with Crippen molar-refractivity contribution < 1.29 is 9.90 Å². The zero-order valence-corrected chi connectivity index (χ0v) is 6.37. The lowest BCUT2D eigenvalue weighted by Crippen LogP contribution is -2.09. The van der Waals surface area contributed by atoms with Crippen LogP contribution in [0.25, 0.3) is 10.9 Å². The van der Waals surface area contributed by atoms with Gasteiger partial charge in [0.05, 0.1) is 22.7 Å². The highest BCUT2D eigenvalue weighted by Gasteiger charge is 2.12. The Labute approximate surface area is 71.2 Å². The summed E-state index contributed by atoms with van der Waals surface area (Å²) >= 11 is 0. The molecule has 0 saturated heterocycles. The van der Waals surface area contributed by atoms with Gasteiger partial charge in [-0.1, -0.05) is 0 Å². The summed E-state index contributed by atoms with van der Waals surface area (Å²) in [5.74, 6) is -1.14. The molecule has 0 aromatic carbocycles. The van der Waals surface area contributed by atoms with Crippen LogP contribution in [0.1, 0.15) is 10.4 Å². The van der Waals surface area contributed by atoms with E-state index in [1.807, 2.05) is 0 Å². The molecule has 66 valence electrons. The van der Waals surface area contributed by atoms with Crippen molar-refractivity contribution in [3.05, 3.63) is 28.3 Å². The summed E-state index contributed by atoms with van der Waals surface area (Å²) in [6.07, 6.45) is 2.63. The fourth-order valence-corrected chi connectivity index (χ4v) is 1.17. The highest BCUT2D eigenvalue weighted by molar-refractivity contribution is 6.02. The smallest absolute Gasteiger partial charge is 0.338 e. The van der Waals surface area contributed by atoms with E-state index in [4.69, 9.17) is 5.11 Å². The number of fused-ring (bicyclic) bond motifs is 1. The van der Waals surface area contributed by atoms with E-state index in [2.05, 4.69) is 15.2 Å². The molecule has 0 atom stereocenters. The summed E-state index contributed by atoms with van der Waals surface area (Å²) in [4.78, 5) is 24.4. The van der Waals surface area contributed by atoms with Crippen LogP contribution >= 0.6 is 0 Å². The van der Waals surface area contributed by atoms with Crippen LogP contribution in [0.2, 0.25) is 0 Å². The molecule has 0 saturated carbocycles. The maximum absolute atomic E-state index is 11.2. The summed E-state index contributed by atoms with van der Waals surface area (Å²) in [5, 5.41) is 14.5. The lowest BCUT2D eigenvalue weighted by molar-refractivity contribution is 0.0699. The first-order chi connectivity index (χ1) is 6.20. The third kappa shape index (κ3) is 0.994. The molecule has 0 aliphatic heterocycles. The van der Waals surface area contributed by atoms with E-state index in [0.29, 0.717) is 5.52 Å². The summed E-state index contributed by atoms with van der Waals surface area (Å²) in [6, 6.07) is 0. The molecule has 2 aromatic heterocycles. The molecule has 2 heterocycles. The average molecular weight is 179 g/mol. The normalized spacial score (nSPS) is 10.5. The van der Waals surface area contributed by atoms with Crippen molar-refractivity contribution in [1.82, 2.24) is 15.2 Å².